The van der Waals surface area contributed by atoms with Crippen LogP contribution in [-0.2, 0) is 10.9 Å². The zero-order chi connectivity index (χ0) is 12.3. The van der Waals surface area contributed by atoms with Gasteiger partial charge in [0.15, 0.2) is 0 Å². The number of rotatable bonds is 2. The van der Waals surface area contributed by atoms with Crippen molar-refractivity contribution in [1.82, 2.24) is 0 Å². The van der Waals surface area contributed by atoms with Crippen LogP contribution in [0.2, 0.25) is 5.02 Å². The van der Waals surface area contributed by atoms with Gasteiger partial charge in [0, 0.05) is 0 Å². The Morgan fingerprint density at radius 1 is 1.44 bits per heavy atom. The maximum Gasteiger partial charge on any atom is 0.416 e. The Morgan fingerprint density at radius 3 is 2.56 bits per heavy atom. The highest BCUT2D eigenvalue weighted by molar-refractivity contribution is 6.33. The van der Waals surface area contributed by atoms with Crippen LogP contribution in [0.15, 0.2) is 18.2 Å². The number of hydrogen-bond acceptors (Lipinski definition) is 2. The van der Waals surface area contributed by atoms with E-state index in [1.165, 1.54) is 0 Å². The Kier molecular flexibility index (Phi) is 3.80. The Bertz CT molecular complexity index is 404. The standard InChI is InChI=1S/C10H9ClF3NO/c1-2-16-9(15)7-5-6(10(12,13)14)3-4-8(7)11/h3-5,15H,2H2,1H3. The fourth-order valence-electron chi connectivity index (χ4n) is 1.10. The van der Waals surface area contributed by atoms with Crippen molar-refractivity contribution < 1.29 is 17.9 Å². The van der Waals surface area contributed by atoms with Gasteiger partial charge in [0.25, 0.3) is 0 Å². The molecule has 0 saturated heterocycles. The van der Waals surface area contributed by atoms with Crippen LogP contribution in [0.5, 0.6) is 0 Å². The summed E-state index contributed by atoms with van der Waals surface area (Å²) in [7, 11) is 0. The van der Waals surface area contributed by atoms with Gasteiger partial charge in [-0.25, -0.2) is 0 Å². The van der Waals surface area contributed by atoms with E-state index in [1.54, 1.807) is 6.92 Å². The highest BCUT2D eigenvalue weighted by atomic mass is 35.5. The van der Waals surface area contributed by atoms with Crippen molar-refractivity contribution in [3.05, 3.63) is 34.3 Å². The Balaban J connectivity index is 3.14. The van der Waals surface area contributed by atoms with E-state index in [0.29, 0.717) is 0 Å². The van der Waals surface area contributed by atoms with Gasteiger partial charge in [-0.05, 0) is 25.1 Å². The van der Waals surface area contributed by atoms with E-state index >= 15 is 0 Å². The molecule has 0 amide bonds. The van der Waals surface area contributed by atoms with Gasteiger partial charge in [0.1, 0.15) is 0 Å². The Morgan fingerprint density at radius 2 is 2.06 bits per heavy atom. The Labute approximate surface area is 95.5 Å². The molecule has 0 atom stereocenters. The zero-order valence-electron chi connectivity index (χ0n) is 8.36. The average Bonchev–Trinajstić information content (AvgIpc) is 2.16. The molecule has 16 heavy (non-hydrogen) atoms. The molecule has 6 heteroatoms. The third-order valence-corrected chi connectivity index (χ3v) is 2.16. The summed E-state index contributed by atoms with van der Waals surface area (Å²) in [4.78, 5) is 0. The largest absolute Gasteiger partial charge is 0.478 e. The molecule has 0 aliphatic carbocycles. The van der Waals surface area contributed by atoms with Gasteiger partial charge in [-0.15, -0.1) is 0 Å². The fourth-order valence-corrected chi connectivity index (χ4v) is 1.30. The molecular formula is C10H9ClF3NO. The molecule has 0 saturated carbocycles. The van der Waals surface area contributed by atoms with Crippen molar-refractivity contribution >= 4 is 17.5 Å². The van der Waals surface area contributed by atoms with Crippen LogP contribution in [0.1, 0.15) is 18.1 Å². The van der Waals surface area contributed by atoms with Crippen LogP contribution in [0.25, 0.3) is 0 Å². The molecule has 1 N–H and O–H groups in total. The molecule has 0 heterocycles. The van der Waals surface area contributed by atoms with Gasteiger partial charge < -0.3 is 4.74 Å². The number of alkyl halides is 3. The lowest BCUT2D eigenvalue weighted by Gasteiger charge is -2.11. The van der Waals surface area contributed by atoms with Gasteiger partial charge in [-0.1, -0.05) is 11.6 Å². The van der Waals surface area contributed by atoms with E-state index in [0.717, 1.165) is 18.2 Å². The quantitative estimate of drug-likeness (QED) is 0.631. The molecular weight excluding hydrogens is 243 g/mol. The summed E-state index contributed by atoms with van der Waals surface area (Å²) in [6.45, 7) is 1.83. The van der Waals surface area contributed by atoms with Crippen LogP contribution in [0, 0.1) is 5.41 Å². The highest BCUT2D eigenvalue weighted by Gasteiger charge is 2.31. The van der Waals surface area contributed by atoms with Crippen molar-refractivity contribution in [2.75, 3.05) is 6.61 Å². The van der Waals surface area contributed by atoms with Gasteiger partial charge in [-0.3, -0.25) is 5.41 Å². The molecule has 0 unspecified atom stereocenters. The highest BCUT2D eigenvalue weighted by Crippen LogP contribution is 2.31. The molecule has 0 fully saturated rings. The molecule has 2 nitrogen and oxygen atoms in total. The summed E-state index contributed by atoms with van der Waals surface area (Å²) < 4.78 is 42.0. The van der Waals surface area contributed by atoms with E-state index in [4.69, 9.17) is 21.7 Å². The third kappa shape index (κ3) is 2.88. The van der Waals surface area contributed by atoms with Crippen molar-refractivity contribution in [2.45, 2.75) is 13.1 Å². The van der Waals surface area contributed by atoms with Crippen LogP contribution in [0.3, 0.4) is 0 Å². The summed E-state index contributed by atoms with van der Waals surface area (Å²) in [5.74, 6) is -0.362. The number of nitrogens with one attached hydrogen (secondary N) is 1. The van der Waals surface area contributed by atoms with Crippen LogP contribution in [-0.4, -0.2) is 12.5 Å². The predicted molar refractivity (Wildman–Crippen MR) is 54.9 cm³/mol. The maximum absolute atomic E-state index is 12.4. The van der Waals surface area contributed by atoms with E-state index in [1.807, 2.05) is 0 Å². The van der Waals surface area contributed by atoms with E-state index in [-0.39, 0.29) is 23.1 Å². The normalized spacial score (nSPS) is 11.3. The second-order valence-corrected chi connectivity index (χ2v) is 3.36. The second kappa shape index (κ2) is 4.74. The predicted octanol–water partition coefficient (Wildman–Crippen LogP) is 3.72. The summed E-state index contributed by atoms with van der Waals surface area (Å²) in [6, 6.07) is 2.78. The average molecular weight is 252 g/mol. The number of hydrogen-bond donors (Lipinski definition) is 1. The first kappa shape index (κ1) is 12.8. The van der Waals surface area contributed by atoms with Crippen LogP contribution in [0.4, 0.5) is 13.2 Å². The van der Waals surface area contributed by atoms with Crippen molar-refractivity contribution in [1.29, 1.82) is 5.41 Å². The minimum absolute atomic E-state index is 0.0571. The van der Waals surface area contributed by atoms with Crippen LogP contribution < -0.4 is 0 Å². The third-order valence-electron chi connectivity index (χ3n) is 1.83. The molecule has 1 aromatic rings. The van der Waals surface area contributed by atoms with Crippen LogP contribution >= 0.6 is 11.6 Å². The van der Waals surface area contributed by atoms with Crippen molar-refractivity contribution in [3.63, 3.8) is 0 Å². The van der Waals surface area contributed by atoms with E-state index < -0.39 is 11.7 Å². The first-order valence-corrected chi connectivity index (χ1v) is 4.82. The lowest BCUT2D eigenvalue weighted by Crippen LogP contribution is -2.10. The molecule has 1 aromatic carbocycles. The molecule has 0 radical (unpaired) electrons. The van der Waals surface area contributed by atoms with E-state index in [2.05, 4.69) is 0 Å². The molecule has 88 valence electrons. The first-order chi connectivity index (χ1) is 7.36. The first-order valence-electron chi connectivity index (χ1n) is 4.44. The molecule has 0 aliphatic heterocycles. The second-order valence-electron chi connectivity index (χ2n) is 2.95. The number of halogens is 4. The summed E-state index contributed by atoms with van der Waals surface area (Å²) in [5, 5.41) is 7.46. The minimum Gasteiger partial charge on any atom is -0.478 e. The minimum atomic E-state index is -4.45. The topological polar surface area (TPSA) is 33.1 Å². The number of ether oxygens (including phenoxy) is 1. The number of benzene rings is 1. The lowest BCUT2D eigenvalue weighted by molar-refractivity contribution is -0.137. The fraction of sp³-hybridized carbons (Fsp3) is 0.300. The van der Waals surface area contributed by atoms with Gasteiger partial charge in [-0.2, -0.15) is 13.2 Å². The molecule has 0 aromatic heterocycles. The summed E-state index contributed by atoms with van der Waals surface area (Å²) >= 11 is 5.69. The molecule has 1 rings (SSSR count). The maximum atomic E-state index is 12.4. The van der Waals surface area contributed by atoms with Crippen molar-refractivity contribution in [3.8, 4) is 0 Å². The van der Waals surface area contributed by atoms with Gasteiger partial charge in [0.2, 0.25) is 5.90 Å². The van der Waals surface area contributed by atoms with Gasteiger partial charge in [0.05, 0.1) is 22.8 Å². The van der Waals surface area contributed by atoms with E-state index in [9.17, 15) is 13.2 Å². The van der Waals surface area contributed by atoms with Crippen molar-refractivity contribution in [2.24, 2.45) is 0 Å². The van der Waals surface area contributed by atoms with Gasteiger partial charge >= 0.3 is 6.18 Å². The monoisotopic (exact) mass is 251 g/mol. The molecule has 0 spiro atoms. The molecule has 0 bridgehead atoms. The Hall–Kier alpha value is -1.23. The summed E-state index contributed by atoms with van der Waals surface area (Å²) in [6.07, 6.45) is -4.45. The lowest BCUT2D eigenvalue weighted by atomic mass is 10.1. The zero-order valence-corrected chi connectivity index (χ0v) is 9.12. The smallest absolute Gasteiger partial charge is 0.416 e. The SMILES string of the molecule is CCOC(=N)c1cc(C(F)(F)F)ccc1Cl. The summed E-state index contributed by atoms with van der Waals surface area (Å²) in [5.41, 5.74) is -0.908. The molecule has 0 aliphatic rings.